The average molecular weight is 232 g/mol. The number of hydrogen-bond acceptors (Lipinski definition) is 5. The first-order chi connectivity index (χ1) is 6.31. The summed E-state index contributed by atoms with van der Waals surface area (Å²) in [7, 11) is 0. The van der Waals surface area contributed by atoms with Crippen molar-refractivity contribution in [2.45, 2.75) is 0 Å². The first kappa shape index (κ1) is 9.13. The van der Waals surface area contributed by atoms with Gasteiger partial charge in [-0.2, -0.15) is 5.26 Å². The summed E-state index contributed by atoms with van der Waals surface area (Å²) >= 11 is 9.00. The van der Waals surface area contributed by atoms with Gasteiger partial charge in [-0.1, -0.05) is 22.9 Å². The van der Waals surface area contributed by atoms with Crippen LogP contribution in [-0.4, -0.2) is 23.2 Å². The number of hydrogen-bond donors (Lipinski definition) is 0. The Bertz CT molecular complexity index is 351. The van der Waals surface area contributed by atoms with Gasteiger partial charge in [-0.25, -0.2) is 4.98 Å². The van der Waals surface area contributed by atoms with E-state index < -0.39 is 0 Å². The fourth-order valence-electron chi connectivity index (χ4n) is 1.06. The molecule has 0 saturated carbocycles. The molecule has 0 aliphatic carbocycles. The zero-order chi connectivity index (χ0) is 9.26. The minimum absolute atomic E-state index is 0.333. The van der Waals surface area contributed by atoms with Gasteiger partial charge in [0, 0.05) is 12.3 Å². The standard InChI is InChI=1S/C7H6ClN3S2/c8-6-5(3-9)13-7(10-6)11-1-2-12-4-11/h1-2,4H2. The highest BCUT2D eigenvalue weighted by Crippen LogP contribution is 2.31. The van der Waals surface area contributed by atoms with Crippen molar-refractivity contribution in [1.29, 1.82) is 5.26 Å². The Hall–Kier alpha value is -0.440. The first-order valence-corrected chi connectivity index (χ1v) is 6.05. The molecule has 2 rings (SSSR count). The van der Waals surface area contributed by atoms with Crippen molar-refractivity contribution in [2.24, 2.45) is 0 Å². The molecule has 6 heteroatoms. The summed E-state index contributed by atoms with van der Waals surface area (Å²) < 4.78 is 0. The van der Waals surface area contributed by atoms with Crippen molar-refractivity contribution >= 4 is 39.8 Å². The van der Waals surface area contributed by atoms with Gasteiger partial charge in [-0.3, -0.25) is 0 Å². The van der Waals surface area contributed by atoms with Gasteiger partial charge >= 0.3 is 0 Å². The highest BCUT2D eigenvalue weighted by Gasteiger charge is 2.18. The van der Waals surface area contributed by atoms with Gasteiger partial charge in [0.1, 0.15) is 10.9 Å². The van der Waals surface area contributed by atoms with Crippen LogP contribution in [0.1, 0.15) is 4.88 Å². The van der Waals surface area contributed by atoms with E-state index in [0.29, 0.717) is 10.0 Å². The van der Waals surface area contributed by atoms with E-state index in [2.05, 4.69) is 9.88 Å². The lowest BCUT2D eigenvalue weighted by Crippen LogP contribution is -2.17. The maximum absolute atomic E-state index is 8.69. The van der Waals surface area contributed by atoms with Crippen molar-refractivity contribution in [3.63, 3.8) is 0 Å². The van der Waals surface area contributed by atoms with Crippen molar-refractivity contribution in [1.82, 2.24) is 4.98 Å². The second-order valence-corrected chi connectivity index (χ2v) is 4.94. The van der Waals surface area contributed by atoms with Crippen molar-refractivity contribution in [2.75, 3.05) is 23.1 Å². The van der Waals surface area contributed by atoms with Crippen LogP contribution in [0, 0.1) is 11.3 Å². The van der Waals surface area contributed by atoms with Gasteiger partial charge in [0.05, 0.1) is 5.88 Å². The smallest absolute Gasteiger partial charge is 0.188 e. The van der Waals surface area contributed by atoms with E-state index >= 15 is 0 Å². The maximum Gasteiger partial charge on any atom is 0.188 e. The van der Waals surface area contributed by atoms with E-state index in [1.807, 2.05) is 17.8 Å². The van der Waals surface area contributed by atoms with Crippen LogP contribution < -0.4 is 4.90 Å². The molecule has 1 aromatic rings. The van der Waals surface area contributed by atoms with Crippen molar-refractivity contribution < 1.29 is 0 Å². The monoisotopic (exact) mass is 231 g/mol. The van der Waals surface area contributed by atoms with Gasteiger partial charge in [0.15, 0.2) is 10.3 Å². The highest BCUT2D eigenvalue weighted by molar-refractivity contribution is 7.99. The summed E-state index contributed by atoms with van der Waals surface area (Å²) in [5, 5.41) is 9.89. The third kappa shape index (κ3) is 1.75. The number of thiazole rings is 1. The molecule has 0 radical (unpaired) electrons. The molecule has 0 spiro atoms. The van der Waals surface area contributed by atoms with Crippen LogP contribution >= 0.6 is 34.7 Å². The largest absolute Gasteiger partial charge is 0.338 e. The van der Waals surface area contributed by atoms with Gasteiger partial charge < -0.3 is 4.90 Å². The Morgan fingerprint density at radius 3 is 3.00 bits per heavy atom. The molecule has 3 nitrogen and oxygen atoms in total. The Balaban J connectivity index is 2.26. The lowest BCUT2D eigenvalue weighted by atomic mass is 10.6. The van der Waals surface area contributed by atoms with E-state index in [1.54, 1.807) is 0 Å². The molecule has 0 bridgehead atoms. The molecule has 0 aromatic carbocycles. The fraction of sp³-hybridized carbons (Fsp3) is 0.429. The second kappa shape index (κ2) is 3.74. The number of anilines is 1. The predicted molar refractivity (Wildman–Crippen MR) is 56.5 cm³/mol. The third-order valence-electron chi connectivity index (χ3n) is 1.70. The summed E-state index contributed by atoms with van der Waals surface area (Å²) in [6.45, 7) is 0.999. The van der Waals surface area contributed by atoms with E-state index in [0.717, 1.165) is 23.3 Å². The van der Waals surface area contributed by atoms with Crippen LogP contribution in [0.2, 0.25) is 5.15 Å². The molecule has 1 fully saturated rings. The Morgan fingerprint density at radius 1 is 1.62 bits per heavy atom. The molecular formula is C7H6ClN3S2. The number of thioether (sulfide) groups is 1. The molecule has 1 aliphatic rings. The lowest BCUT2D eigenvalue weighted by molar-refractivity contribution is 0.982. The normalized spacial score (nSPS) is 16.2. The number of nitrogens with zero attached hydrogens (tertiary/aromatic N) is 3. The number of rotatable bonds is 1. The van der Waals surface area contributed by atoms with E-state index in [1.165, 1.54) is 11.3 Å². The van der Waals surface area contributed by atoms with Crippen LogP contribution in [0.3, 0.4) is 0 Å². The highest BCUT2D eigenvalue weighted by atomic mass is 35.5. The van der Waals surface area contributed by atoms with Crippen LogP contribution in [0.15, 0.2) is 0 Å². The molecule has 1 aromatic heterocycles. The zero-order valence-electron chi connectivity index (χ0n) is 6.66. The van der Waals surface area contributed by atoms with Crippen LogP contribution in [-0.2, 0) is 0 Å². The summed E-state index contributed by atoms with van der Waals surface area (Å²) in [5.41, 5.74) is 0. The van der Waals surface area contributed by atoms with E-state index in [9.17, 15) is 0 Å². The quantitative estimate of drug-likeness (QED) is 0.743. The second-order valence-electron chi connectivity index (χ2n) is 2.53. The molecule has 2 heterocycles. The average Bonchev–Trinajstić information content (AvgIpc) is 2.71. The van der Waals surface area contributed by atoms with Crippen molar-refractivity contribution in [3.05, 3.63) is 10.0 Å². The maximum atomic E-state index is 8.69. The predicted octanol–water partition coefficient (Wildman–Crippen LogP) is 2.18. The molecule has 13 heavy (non-hydrogen) atoms. The minimum Gasteiger partial charge on any atom is -0.338 e. The van der Waals surface area contributed by atoms with Crippen LogP contribution in [0.5, 0.6) is 0 Å². The number of nitriles is 1. The van der Waals surface area contributed by atoms with E-state index in [4.69, 9.17) is 16.9 Å². The number of aromatic nitrogens is 1. The Labute approximate surface area is 89.3 Å². The summed E-state index contributed by atoms with van der Waals surface area (Å²) in [4.78, 5) is 6.79. The molecule has 0 amide bonds. The van der Waals surface area contributed by atoms with Gasteiger partial charge in [0.2, 0.25) is 0 Å². The number of halogens is 1. The topological polar surface area (TPSA) is 39.9 Å². The summed E-state index contributed by atoms with van der Waals surface area (Å²) in [6.07, 6.45) is 0. The zero-order valence-corrected chi connectivity index (χ0v) is 9.05. The van der Waals surface area contributed by atoms with Crippen LogP contribution in [0.25, 0.3) is 0 Å². The molecule has 1 aliphatic heterocycles. The molecule has 68 valence electrons. The molecular weight excluding hydrogens is 226 g/mol. The molecule has 0 N–H and O–H groups in total. The molecule has 1 saturated heterocycles. The van der Waals surface area contributed by atoms with Crippen LogP contribution in [0.4, 0.5) is 5.13 Å². The third-order valence-corrected chi connectivity index (χ3v) is 4.07. The molecule has 0 atom stereocenters. The van der Waals surface area contributed by atoms with Gasteiger partial charge in [-0.05, 0) is 0 Å². The minimum atomic E-state index is 0.333. The Kier molecular flexibility index (Phi) is 2.63. The van der Waals surface area contributed by atoms with Crippen molar-refractivity contribution in [3.8, 4) is 6.07 Å². The van der Waals surface area contributed by atoms with Gasteiger partial charge in [0.25, 0.3) is 0 Å². The first-order valence-electron chi connectivity index (χ1n) is 3.70. The fourth-order valence-corrected chi connectivity index (χ4v) is 3.16. The SMILES string of the molecule is N#Cc1sc(N2CCSC2)nc1Cl. The Morgan fingerprint density at radius 2 is 2.46 bits per heavy atom. The summed E-state index contributed by atoms with van der Waals surface area (Å²) in [5.74, 6) is 2.08. The molecule has 0 unspecified atom stereocenters. The van der Waals surface area contributed by atoms with Gasteiger partial charge in [-0.15, -0.1) is 11.8 Å². The van der Waals surface area contributed by atoms with E-state index in [-0.39, 0.29) is 0 Å². The lowest BCUT2D eigenvalue weighted by Gasteiger charge is -2.10. The summed E-state index contributed by atoms with van der Waals surface area (Å²) in [6, 6.07) is 2.03.